The molecule has 0 saturated heterocycles. The molecule has 1 aromatic carbocycles. The van der Waals surface area contributed by atoms with Crippen molar-refractivity contribution in [3.63, 3.8) is 0 Å². The van der Waals surface area contributed by atoms with Gasteiger partial charge in [0.2, 0.25) is 0 Å². The second-order valence-electron chi connectivity index (χ2n) is 3.81. The minimum Gasteiger partial charge on any atom is -0.272 e. The van der Waals surface area contributed by atoms with Crippen LogP contribution in [0.4, 0.5) is 0 Å². The van der Waals surface area contributed by atoms with Crippen molar-refractivity contribution >= 4 is 23.7 Å². The summed E-state index contributed by atoms with van der Waals surface area (Å²) in [6.07, 6.45) is 5.05. The van der Waals surface area contributed by atoms with Gasteiger partial charge < -0.3 is 0 Å². The lowest BCUT2D eigenvalue weighted by atomic mass is 10.2. The average Bonchev–Trinajstić information content (AvgIpc) is 2.87. The van der Waals surface area contributed by atoms with Crippen LogP contribution in [0.2, 0.25) is 5.02 Å². The van der Waals surface area contributed by atoms with Crippen molar-refractivity contribution < 1.29 is 4.79 Å². The Balaban J connectivity index is 1.99. The Morgan fingerprint density at radius 1 is 1.53 bits per heavy atom. The fraction of sp³-hybridized carbons (Fsp3) is 0.154. The number of benzene rings is 1. The molecule has 0 saturated carbocycles. The third-order valence-corrected chi connectivity index (χ3v) is 2.80. The summed E-state index contributed by atoms with van der Waals surface area (Å²) in [5.74, 6) is -0.343. The largest absolute Gasteiger partial charge is 0.272 e. The molecule has 6 heteroatoms. The van der Waals surface area contributed by atoms with E-state index >= 15 is 0 Å². The van der Waals surface area contributed by atoms with Gasteiger partial charge in [-0.2, -0.15) is 10.2 Å². The molecule has 5 nitrogen and oxygen atoms in total. The van der Waals surface area contributed by atoms with Crippen molar-refractivity contribution in [1.29, 1.82) is 0 Å². The van der Waals surface area contributed by atoms with E-state index in [0.717, 1.165) is 12.1 Å². The van der Waals surface area contributed by atoms with E-state index in [0.29, 0.717) is 10.6 Å². The van der Waals surface area contributed by atoms with Gasteiger partial charge >= 0.3 is 0 Å². The lowest BCUT2D eigenvalue weighted by Gasteiger charge is -2.01. The number of amides is 1. The Morgan fingerprint density at radius 3 is 3.00 bits per heavy atom. The van der Waals surface area contributed by atoms with Crippen LogP contribution in [0.15, 0.2) is 41.8 Å². The third-order valence-electron chi connectivity index (χ3n) is 2.48. The average molecular weight is 277 g/mol. The van der Waals surface area contributed by atoms with Gasteiger partial charge in [0.25, 0.3) is 5.91 Å². The lowest BCUT2D eigenvalue weighted by Crippen LogP contribution is -2.17. The molecule has 0 fully saturated rings. The summed E-state index contributed by atoms with van der Waals surface area (Å²) < 4.78 is 1.78. The SMILES string of the molecule is CCn1cc(/C=N/NC(=O)c2ccccc2Cl)cn1. The van der Waals surface area contributed by atoms with Crippen LogP contribution in [0.5, 0.6) is 0 Å². The number of carbonyl (C=O) groups is 1. The van der Waals surface area contributed by atoms with Crippen LogP contribution in [0, 0.1) is 0 Å². The van der Waals surface area contributed by atoms with E-state index in [-0.39, 0.29) is 5.91 Å². The molecule has 0 aliphatic carbocycles. The second-order valence-corrected chi connectivity index (χ2v) is 4.22. The molecule has 0 bridgehead atoms. The molecule has 0 unspecified atom stereocenters. The predicted octanol–water partition coefficient (Wildman–Crippen LogP) is 2.32. The van der Waals surface area contributed by atoms with Crippen LogP contribution in [0.25, 0.3) is 0 Å². The molecule has 1 heterocycles. The Hall–Kier alpha value is -2.14. The highest BCUT2D eigenvalue weighted by Gasteiger charge is 2.07. The number of nitrogens with zero attached hydrogens (tertiary/aromatic N) is 3. The standard InChI is InChI=1S/C13H13ClN4O/c1-2-18-9-10(8-16-18)7-15-17-13(19)11-5-3-4-6-12(11)14/h3-9H,2H2,1H3,(H,17,19)/b15-7+. The third kappa shape index (κ3) is 3.42. The van der Waals surface area contributed by atoms with Crippen LogP contribution in [-0.4, -0.2) is 21.9 Å². The summed E-state index contributed by atoms with van der Waals surface area (Å²) in [5.41, 5.74) is 3.64. The van der Waals surface area contributed by atoms with Gasteiger partial charge in [-0.15, -0.1) is 0 Å². The molecule has 2 aromatic rings. The van der Waals surface area contributed by atoms with E-state index in [1.165, 1.54) is 6.21 Å². The highest BCUT2D eigenvalue weighted by Crippen LogP contribution is 2.14. The number of hydrazone groups is 1. The maximum absolute atomic E-state index is 11.8. The molecule has 0 aliphatic rings. The number of aromatic nitrogens is 2. The summed E-state index contributed by atoms with van der Waals surface area (Å²) >= 11 is 5.91. The van der Waals surface area contributed by atoms with Crippen LogP contribution < -0.4 is 5.43 Å². The van der Waals surface area contributed by atoms with Gasteiger partial charge in [0.1, 0.15) is 0 Å². The molecule has 0 atom stereocenters. The number of hydrogen-bond acceptors (Lipinski definition) is 3. The fourth-order valence-electron chi connectivity index (χ4n) is 1.49. The van der Waals surface area contributed by atoms with Gasteiger partial charge in [-0.3, -0.25) is 9.48 Å². The number of aryl methyl sites for hydroxylation is 1. The highest BCUT2D eigenvalue weighted by atomic mass is 35.5. The number of nitrogens with one attached hydrogen (secondary N) is 1. The van der Waals surface area contributed by atoms with Gasteiger partial charge in [-0.25, -0.2) is 5.43 Å². The summed E-state index contributed by atoms with van der Waals surface area (Å²) in [5, 5.41) is 8.36. The zero-order valence-electron chi connectivity index (χ0n) is 10.4. The van der Waals surface area contributed by atoms with Crippen LogP contribution in [-0.2, 0) is 6.54 Å². The number of rotatable bonds is 4. The number of carbonyl (C=O) groups excluding carboxylic acids is 1. The molecule has 19 heavy (non-hydrogen) atoms. The van der Waals surface area contributed by atoms with Crippen LogP contribution in [0.3, 0.4) is 0 Å². The van der Waals surface area contributed by atoms with E-state index in [2.05, 4.69) is 15.6 Å². The molecular formula is C13H13ClN4O. The van der Waals surface area contributed by atoms with E-state index in [1.54, 1.807) is 35.1 Å². The Labute approximate surface area is 115 Å². The van der Waals surface area contributed by atoms with E-state index in [9.17, 15) is 4.79 Å². The summed E-state index contributed by atoms with van der Waals surface area (Å²) in [6, 6.07) is 6.81. The first-order valence-electron chi connectivity index (χ1n) is 5.81. The zero-order valence-corrected chi connectivity index (χ0v) is 11.1. The summed E-state index contributed by atoms with van der Waals surface area (Å²) in [7, 11) is 0. The van der Waals surface area contributed by atoms with Crippen LogP contribution in [0.1, 0.15) is 22.8 Å². The molecule has 2 rings (SSSR count). The summed E-state index contributed by atoms with van der Waals surface area (Å²) in [6.45, 7) is 2.78. The maximum Gasteiger partial charge on any atom is 0.272 e. The molecule has 1 aromatic heterocycles. The monoisotopic (exact) mass is 276 g/mol. The van der Waals surface area contributed by atoms with Crippen molar-refractivity contribution in [2.45, 2.75) is 13.5 Å². The quantitative estimate of drug-likeness (QED) is 0.688. The molecule has 0 spiro atoms. The number of halogens is 1. The molecule has 0 radical (unpaired) electrons. The van der Waals surface area contributed by atoms with Crippen molar-refractivity contribution in [3.05, 3.63) is 52.8 Å². The van der Waals surface area contributed by atoms with Crippen molar-refractivity contribution in [2.24, 2.45) is 5.10 Å². The van der Waals surface area contributed by atoms with E-state index in [4.69, 9.17) is 11.6 Å². The lowest BCUT2D eigenvalue weighted by molar-refractivity contribution is 0.0955. The molecular weight excluding hydrogens is 264 g/mol. The minimum atomic E-state index is -0.343. The molecule has 1 N–H and O–H groups in total. The van der Waals surface area contributed by atoms with Gasteiger partial charge in [-0.05, 0) is 19.1 Å². The Bertz CT molecular complexity index is 606. The van der Waals surface area contributed by atoms with Crippen LogP contribution >= 0.6 is 11.6 Å². The molecule has 1 amide bonds. The summed E-state index contributed by atoms with van der Waals surface area (Å²) in [4.78, 5) is 11.8. The van der Waals surface area contributed by atoms with E-state index in [1.807, 2.05) is 13.1 Å². The molecule has 98 valence electrons. The fourth-order valence-corrected chi connectivity index (χ4v) is 1.71. The first-order valence-corrected chi connectivity index (χ1v) is 6.19. The van der Waals surface area contributed by atoms with Crippen molar-refractivity contribution in [1.82, 2.24) is 15.2 Å². The topological polar surface area (TPSA) is 59.3 Å². The molecule has 0 aliphatic heterocycles. The maximum atomic E-state index is 11.8. The van der Waals surface area contributed by atoms with Gasteiger partial charge in [-0.1, -0.05) is 23.7 Å². The first kappa shape index (κ1) is 13.3. The van der Waals surface area contributed by atoms with Gasteiger partial charge in [0.05, 0.1) is 23.0 Å². The Morgan fingerprint density at radius 2 is 2.32 bits per heavy atom. The minimum absolute atomic E-state index is 0.343. The normalized spacial score (nSPS) is 10.8. The van der Waals surface area contributed by atoms with Crippen molar-refractivity contribution in [2.75, 3.05) is 0 Å². The highest BCUT2D eigenvalue weighted by molar-refractivity contribution is 6.33. The first-order chi connectivity index (χ1) is 9.20. The zero-order chi connectivity index (χ0) is 13.7. The number of hydrogen-bond donors (Lipinski definition) is 1. The smallest absolute Gasteiger partial charge is 0.272 e. The van der Waals surface area contributed by atoms with E-state index < -0.39 is 0 Å². The van der Waals surface area contributed by atoms with Gasteiger partial charge in [0.15, 0.2) is 0 Å². The Kier molecular flexibility index (Phi) is 4.30. The second kappa shape index (κ2) is 6.15. The van der Waals surface area contributed by atoms with Crippen molar-refractivity contribution in [3.8, 4) is 0 Å². The predicted molar refractivity (Wildman–Crippen MR) is 74.4 cm³/mol. The van der Waals surface area contributed by atoms with Gasteiger partial charge in [0, 0.05) is 18.3 Å².